The van der Waals surface area contributed by atoms with Gasteiger partial charge in [0, 0.05) is 17.6 Å². The van der Waals surface area contributed by atoms with Gasteiger partial charge in [-0.2, -0.15) is 0 Å². The molecule has 1 fully saturated rings. The second kappa shape index (κ2) is 7.91. The molecule has 0 heterocycles. The molecule has 0 aromatic heterocycles. The molecule has 1 aromatic carbocycles. The second-order valence-electron chi connectivity index (χ2n) is 8.61. The molecular formula is C21H23Cl2N3O7. The van der Waals surface area contributed by atoms with Crippen molar-refractivity contribution in [3.8, 4) is 5.75 Å². The number of primary amides is 1. The Morgan fingerprint density at radius 3 is 2.39 bits per heavy atom. The fourth-order valence-electron chi connectivity index (χ4n) is 5.31. The van der Waals surface area contributed by atoms with Crippen LogP contribution in [0.4, 0.5) is 5.69 Å². The minimum Gasteiger partial charge on any atom is -0.508 e. The van der Waals surface area contributed by atoms with Crippen LogP contribution in [-0.4, -0.2) is 68.5 Å². The number of Topliss-reactive ketones (excluding diaryl/α,β-unsaturated/α-hetero) is 2. The number of nitrogens with zero attached hydrogens (tertiary/aromatic N) is 1. The number of ketones is 2. The van der Waals surface area contributed by atoms with Gasteiger partial charge in [-0.3, -0.25) is 19.3 Å². The van der Waals surface area contributed by atoms with E-state index in [1.165, 1.54) is 19.0 Å². The molecule has 12 heteroatoms. The molecule has 3 aliphatic rings. The highest BCUT2D eigenvalue weighted by atomic mass is 35.5. The Kier molecular flexibility index (Phi) is 5.96. The van der Waals surface area contributed by atoms with E-state index in [1.54, 1.807) is 0 Å². The molecule has 3 aliphatic carbocycles. The normalized spacial score (nSPS) is 28.8. The maximum absolute atomic E-state index is 13.6. The zero-order chi connectivity index (χ0) is 23.9. The Morgan fingerprint density at radius 2 is 1.85 bits per heavy atom. The first-order valence-electron chi connectivity index (χ1n) is 9.78. The van der Waals surface area contributed by atoms with Gasteiger partial charge in [0.15, 0.2) is 11.4 Å². The van der Waals surface area contributed by atoms with Crippen LogP contribution in [0.1, 0.15) is 17.5 Å². The Labute approximate surface area is 199 Å². The van der Waals surface area contributed by atoms with E-state index in [9.17, 15) is 34.8 Å². The third kappa shape index (κ3) is 3.12. The summed E-state index contributed by atoms with van der Waals surface area (Å²) in [5.41, 5.74) is 7.92. The van der Waals surface area contributed by atoms with Gasteiger partial charge >= 0.3 is 0 Å². The number of carbonyl (C=O) groups is 3. The minimum absolute atomic E-state index is 0. The van der Waals surface area contributed by atoms with Gasteiger partial charge in [-0.1, -0.05) is 11.6 Å². The second-order valence-corrected chi connectivity index (χ2v) is 9.01. The smallest absolute Gasteiger partial charge is 0.255 e. The number of hydrogen-bond acceptors (Lipinski definition) is 9. The molecule has 4 unspecified atom stereocenters. The summed E-state index contributed by atoms with van der Waals surface area (Å²) in [5, 5.41) is 43.5. The quantitative estimate of drug-likeness (QED) is 0.192. The van der Waals surface area contributed by atoms with Gasteiger partial charge in [-0.05, 0) is 38.4 Å². The van der Waals surface area contributed by atoms with Gasteiger partial charge in [0.05, 0.1) is 22.3 Å². The summed E-state index contributed by atoms with van der Waals surface area (Å²) in [6.45, 7) is 0. The third-order valence-electron chi connectivity index (χ3n) is 6.72. The zero-order valence-corrected chi connectivity index (χ0v) is 19.2. The standard InChI is InChI=1S/C21H22ClN3O7.ClH/c1-25(2)15-8-4-6-3-7-12(10(26)5-9(22)14(7)23)16(27)11(6)18(29)21(8,32)19(30)13(17(15)28)20(24)31;/h5-6,8,15,26-27,30,32H,3-4,23H2,1-2H3,(H2,24,31);1H. The third-order valence-corrected chi connectivity index (χ3v) is 7.03. The van der Waals surface area contributed by atoms with Crippen LogP contribution in [0.15, 0.2) is 23.0 Å². The molecule has 4 rings (SSSR count). The monoisotopic (exact) mass is 499 g/mol. The van der Waals surface area contributed by atoms with Crippen molar-refractivity contribution in [2.45, 2.75) is 24.5 Å². The van der Waals surface area contributed by atoms with Crippen molar-refractivity contribution in [1.82, 2.24) is 4.90 Å². The summed E-state index contributed by atoms with van der Waals surface area (Å²) in [6.07, 6.45) is 0.0764. The molecule has 10 nitrogen and oxygen atoms in total. The fraction of sp³-hybridized carbons (Fsp3) is 0.381. The highest BCUT2D eigenvalue weighted by molar-refractivity contribution is 6.33. The van der Waals surface area contributed by atoms with Gasteiger partial charge < -0.3 is 31.9 Å². The number of nitrogen functional groups attached to an aromatic ring is 1. The van der Waals surface area contributed by atoms with Crippen molar-refractivity contribution >= 4 is 52.9 Å². The Balaban J connectivity index is 0.00000306. The average molecular weight is 500 g/mol. The highest BCUT2D eigenvalue weighted by Crippen LogP contribution is 2.53. The fourth-order valence-corrected chi connectivity index (χ4v) is 5.53. The topological polar surface area (TPSA) is 187 Å². The van der Waals surface area contributed by atoms with E-state index in [2.05, 4.69) is 0 Å². The Morgan fingerprint density at radius 1 is 1.24 bits per heavy atom. The lowest BCUT2D eigenvalue weighted by molar-refractivity contribution is -0.153. The van der Waals surface area contributed by atoms with E-state index in [1.807, 2.05) is 0 Å². The molecule has 1 aromatic rings. The van der Waals surface area contributed by atoms with E-state index >= 15 is 0 Å². The molecule has 0 saturated heterocycles. The number of aliphatic hydroxyl groups excluding tert-OH is 2. The number of phenols is 1. The number of likely N-dealkylation sites (N-methyl/N-ethyl adjacent to an activating group) is 1. The highest BCUT2D eigenvalue weighted by Gasteiger charge is 2.64. The summed E-state index contributed by atoms with van der Waals surface area (Å²) in [5.74, 6) is -7.16. The number of aliphatic hydroxyl groups is 3. The number of fused-ring (bicyclic) bond motifs is 3. The number of rotatable bonds is 2. The van der Waals surface area contributed by atoms with Crippen LogP contribution in [0.3, 0.4) is 0 Å². The van der Waals surface area contributed by atoms with Gasteiger partial charge in [0.1, 0.15) is 22.8 Å². The van der Waals surface area contributed by atoms with E-state index in [4.69, 9.17) is 23.1 Å². The summed E-state index contributed by atoms with van der Waals surface area (Å²) in [4.78, 5) is 39.9. The number of benzene rings is 1. The van der Waals surface area contributed by atoms with Gasteiger partial charge in [0.2, 0.25) is 5.78 Å². The van der Waals surface area contributed by atoms with E-state index < -0.39 is 63.8 Å². The number of hydrogen-bond donors (Lipinski definition) is 6. The number of carbonyl (C=O) groups excluding carboxylic acids is 3. The van der Waals surface area contributed by atoms with E-state index in [0.29, 0.717) is 5.56 Å². The molecule has 0 bridgehead atoms. The van der Waals surface area contributed by atoms with E-state index in [-0.39, 0.29) is 47.1 Å². The van der Waals surface area contributed by atoms with Crippen molar-refractivity contribution < 1.29 is 34.8 Å². The maximum Gasteiger partial charge on any atom is 0.255 e. The van der Waals surface area contributed by atoms with E-state index in [0.717, 1.165) is 6.07 Å². The van der Waals surface area contributed by atoms with Crippen molar-refractivity contribution in [3.05, 3.63) is 39.1 Å². The van der Waals surface area contributed by atoms with Crippen molar-refractivity contribution in [3.63, 3.8) is 0 Å². The number of amides is 1. The largest absolute Gasteiger partial charge is 0.508 e. The van der Waals surface area contributed by atoms with Crippen LogP contribution in [0.2, 0.25) is 5.02 Å². The predicted octanol–water partition coefficient (Wildman–Crippen LogP) is 0.621. The SMILES string of the molecule is CN(C)C1C(=O)C(C(N)=O)=C(O)C2(O)C(=O)C3=C(O)c4c(O)cc(Cl)c(N)c4CC3CC12.Cl. The van der Waals surface area contributed by atoms with Crippen LogP contribution < -0.4 is 11.5 Å². The van der Waals surface area contributed by atoms with Crippen LogP contribution >= 0.6 is 24.0 Å². The number of nitrogens with two attached hydrogens (primary N) is 2. The predicted molar refractivity (Wildman–Crippen MR) is 121 cm³/mol. The van der Waals surface area contributed by atoms with Crippen LogP contribution in [0, 0.1) is 11.8 Å². The summed E-state index contributed by atoms with van der Waals surface area (Å²) >= 11 is 6.06. The Bertz CT molecular complexity index is 1180. The number of halogens is 2. The number of phenolic OH excluding ortho intramolecular Hbond substituents is 1. The van der Waals surface area contributed by atoms with Crippen molar-refractivity contribution in [1.29, 1.82) is 0 Å². The summed E-state index contributed by atoms with van der Waals surface area (Å²) < 4.78 is 0. The van der Waals surface area contributed by atoms with Gasteiger partial charge in [0.25, 0.3) is 5.91 Å². The van der Waals surface area contributed by atoms with Crippen LogP contribution in [0.25, 0.3) is 5.76 Å². The minimum atomic E-state index is -2.67. The molecule has 1 saturated carbocycles. The molecule has 1 amide bonds. The lowest BCUT2D eigenvalue weighted by Crippen LogP contribution is -2.65. The Hall–Kier alpha value is -2.79. The molecule has 33 heavy (non-hydrogen) atoms. The summed E-state index contributed by atoms with van der Waals surface area (Å²) in [6, 6.07) is -0.0146. The molecule has 178 valence electrons. The molecule has 0 spiro atoms. The first kappa shape index (κ1) is 24.8. The molecule has 4 atom stereocenters. The lowest BCUT2D eigenvalue weighted by Gasteiger charge is -2.50. The van der Waals surface area contributed by atoms with Gasteiger partial charge in [-0.25, -0.2) is 0 Å². The summed E-state index contributed by atoms with van der Waals surface area (Å²) in [7, 11) is 3.06. The van der Waals surface area contributed by atoms with Crippen LogP contribution in [-0.2, 0) is 20.8 Å². The zero-order valence-electron chi connectivity index (χ0n) is 17.6. The number of aromatic hydroxyl groups is 1. The van der Waals surface area contributed by atoms with Gasteiger partial charge in [-0.15, -0.1) is 12.4 Å². The molecule has 0 radical (unpaired) electrons. The number of anilines is 1. The van der Waals surface area contributed by atoms with Crippen molar-refractivity contribution in [2.75, 3.05) is 19.8 Å². The average Bonchev–Trinajstić information content (AvgIpc) is 2.68. The lowest BCUT2D eigenvalue weighted by atomic mass is 9.57. The molecule has 8 N–H and O–H groups in total. The maximum atomic E-state index is 13.6. The molecule has 0 aliphatic heterocycles. The first-order chi connectivity index (χ1) is 14.8. The molecular weight excluding hydrogens is 477 g/mol. The first-order valence-corrected chi connectivity index (χ1v) is 10.2. The van der Waals surface area contributed by atoms with Crippen LogP contribution in [0.5, 0.6) is 5.75 Å². The van der Waals surface area contributed by atoms with Crippen molar-refractivity contribution in [2.24, 2.45) is 17.6 Å².